The monoisotopic (exact) mass is 669 g/mol. The fourth-order valence-electron chi connectivity index (χ4n) is 3.76. The number of nitrogens with one attached hydrogen (secondary N) is 1. The lowest BCUT2D eigenvalue weighted by atomic mass is 10.1. The molecule has 3 unspecified atom stereocenters. The van der Waals surface area contributed by atoms with E-state index in [1.165, 1.54) is 0 Å². The standard InChI is InChI=1S/C34H56NO10P/c1-3-5-7-9-10-11-12-13-14-15-16-17-18-19-20-22-23-25-32(37)35-31(34(39)40)29-45-46(41,42)44-28-30(36)27-43-33(38)26-24-21-8-6-4-2/h5,7,10-11,13-14,16-17,19-20,30-31,36H,3-4,6,8-9,12,15,18,21-29H2,1-2H3,(H,35,37)(H,39,40)(H,41,42)/b7-5-,11-10-,14-13-,17-16-,20-19-. The highest BCUT2D eigenvalue weighted by atomic mass is 31.2. The number of amides is 1. The van der Waals surface area contributed by atoms with Gasteiger partial charge < -0.3 is 25.2 Å². The highest BCUT2D eigenvalue weighted by Crippen LogP contribution is 2.43. The van der Waals surface area contributed by atoms with Crippen LogP contribution >= 0.6 is 7.82 Å². The number of carbonyl (C=O) groups excluding carboxylic acids is 2. The van der Waals surface area contributed by atoms with E-state index >= 15 is 0 Å². The number of rotatable bonds is 29. The first-order valence-electron chi connectivity index (χ1n) is 16.3. The molecule has 0 aromatic rings. The molecule has 0 heterocycles. The first-order chi connectivity index (χ1) is 22.1. The Hall–Kier alpha value is -2.82. The van der Waals surface area contributed by atoms with Crippen molar-refractivity contribution in [1.82, 2.24) is 5.32 Å². The molecule has 4 N–H and O–H groups in total. The predicted octanol–water partition coefficient (Wildman–Crippen LogP) is 6.88. The first kappa shape index (κ1) is 43.2. The van der Waals surface area contributed by atoms with Gasteiger partial charge in [-0.15, -0.1) is 0 Å². The number of aliphatic hydroxyl groups excluding tert-OH is 1. The molecule has 0 rings (SSSR count). The summed E-state index contributed by atoms with van der Waals surface area (Å²) in [6, 6.07) is -1.58. The summed E-state index contributed by atoms with van der Waals surface area (Å²) in [4.78, 5) is 45.2. The lowest BCUT2D eigenvalue weighted by molar-refractivity contribution is -0.147. The third-order valence-electron chi connectivity index (χ3n) is 6.32. The number of unbranched alkanes of at least 4 members (excludes halogenated alkanes) is 5. The maximum atomic E-state index is 12.2. The van der Waals surface area contributed by atoms with Gasteiger partial charge in [0, 0.05) is 12.8 Å². The molecule has 262 valence electrons. The molecule has 0 aromatic heterocycles. The van der Waals surface area contributed by atoms with Crippen molar-refractivity contribution < 1.29 is 47.8 Å². The molecule has 0 aliphatic heterocycles. The second-order valence-corrected chi connectivity index (χ2v) is 12.1. The minimum Gasteiger partial charge on any atom is -0.480 e. The summed E-state index contributed by atoms with van der Waals surface area (Å²) in [5.74, 6) is -2.48. The van der Waals surface area contributed by atoms with Crippen LogP contribution in [0.15, 0.2) is 60.8 Å². The Balaban J connectivity index is 4.15. The van der Waals surface area contributed by atoms with Crippen LogP contribution in [-0.2, 0) is 32.7 Å². The Kier molecular flexibility index (Phi) is 27.8. The van der Waals surface area contributed by atoms with E-state index in [-0.39, 0.29) is 12.8 Å². The molecule has 0 saturated heterocycles. The number of aliphatic carboxylic acids is 1. The highest BCUT2D eigenvalue weighted by Gasteiger charge is 2.28. The fourth-order valence-corrected chi connectivity index (χ4v) is 4.53. The largest absolute Gasteiger partial charge is 0.480 e. The van der Waals surface area contributed by atoms with Crippen LogP contribution in [0.2, 0.25) is 0 Å². The zero-order valence-electron chi connectivity index (χ0n) is 27.6. The van der Waals surface area contributed by atoms with Gasteiger partial charge in [0.25, 0.3) is 0 Å². The number of carboxylic acids is 1. The van der Waals surface area contributed by atoms with E-state index in [1.807, 2.05) is 12.2 Å². The van der Waals surface area contributed by atoms with Gasteiger partial charge in [-0.05, 0) is 51.4 Å². The van der Waals surface area contributed by atoms with E-state index in [4.69, 9.17) is 9.26 Å². The molecular formula is C34H56NO10P. The lowest BCUT2D eigenvalue weighted by Gasteiger charge is -2.18. The molecule has 0 saturated carbocycles. The Morgan fingerprint density at radius 2 is 1.26 bits per heavy atom. The second kappa shape index (κ2) is 29.6. The van der Waals surface area contributed by atoms with Gasteiger partial charge >= 0.3 is 19.8 Å². The summed E-state index contributed by atoms with van der Waals surface area (Å²) in [5, 5.41) is 21.5. The molecule has 0 radical (unpaired) electrons. The molecule has 0 aliphatic carbocycles. The van der Waals surface area contributed by atoms with Crippen LogP contribution in [0.3, 0.4) is 0 Å². The van der Waals surface area contributed by atoms with Crippen molar-refractivity contribution in [3.63, 3.8) is 0 Å². The number of carboxylic acid groups (broad SMARTS) is 1. The Morgan fingerprint density at radius 1 is 0.717 bits per heavy atom. The molecule has 0 aliphatic rings. The second-order valence-electron chi connectivity index (χ2n) is 10.6. The molecule has 11 nitrogen and oxygen atoms in total. The zero-order chi connectivity index (χ0) is 34.3. The summed E-state index contributed by atoms with van der Waals surface area (Å²) < 4.78 is 26.4. The lowest BCUT2D eigenvalue weighted by Crippen LogP contribution is -2.43. The van der Waals surface area contributed by atoms with Gasteiger partial charge in [-0.2, -0.15) is 0 Å². The van der Waals surface area contributed by atoms with Crippen LogP contribution in [0.1, 0.15) is 104 Å². The van der Waals surface area contributed by atoms with E-state index in [1.54, 1.807) is 0 Å². The minimum absolute atomic E-state index is 0.0645. The van der Waals surface area contributed by atoms with Gasteiger partial charge in [-0.1, -0.05) is 100 Å². The van der Waals surface area contributed by atoms with Gasteiger partial charge in [0.1, 0.15) is 12.7 Å². The van der Waals surface area contributed by atoms with E-state index < -0.39 is 57.6 Å². The van der Waals surface area contributed by atoms with Crippen LogP contribution in [0.25, 0.3) is 0 Å². The third-order valence-corrected chi connectivity index (χ3v) is 7.27. The Labute approximate surface area is 275 Å². The quantitative estimate of drug-likeness (QED) is 0.0285. The predicted molar refractivity (Wildman–Crippen MR) is 180 cm³/mol. The minimum atomic E-state index is -4.75. The van der Waals surface area contributed by atoms with E-state index in [0.29, 0.717) is 19.3 Å². The molecule has 1 amide bonds. The van der Waals surface area contributed by atoms with Crippen molar-refractivity contribution in [1.29, 1.82) is 0 Å². The van der Waals surface area contributed by atoms with Gasteiger partial charge in [0.2, 0.25) is 5.91 Å². The zero-order valence-corrected chi connectivity index (χ0v) is 28.5. The van der Waals surface area contributed by atoms with Crippen molar-refractivity contribution in [2.75, 3.05) is 19.8 Å². The number of phosphoric ester groups is 1. The number of allylic oxidation sites excluding steroid dienone is 10. The molecule has 46 heavy (non-hydrogen) atoms. The van der Waals surface area contributed by atoms with Crippen molar-refractivity contribution in [2.24, 2.45) is 0 Å². The maximum Gasteiger partial charge on any atom is 0.472 e. The van der Waals surface area contributed by atoms with E-state index in [2.05, 4.69) is 72.3 Å². The van der Waals surface area contributed by atoms with Crippen LogP contribution in [0.5, 0.6) is 0 Å². The summed E-state index contributed by atoms with van der Waals surface area (Å²) >= 11 is 0. The number of phosphoric acid groups is 1. The Morgan fingerprint density at radius 3 is 1.83 bits per heavy atom. The first-order valence-corrected chi connectivity index (χ1v) is 17.8. The summed E-state index contributed by atoms with van der Waals surface area (Å²) in [7, 11) is -4.75. The summed E-state index contributed by atoms with van der Waals surface area (Å²) in [6.07, 6.45) is 30.4. The number of esters is 1. The number of hydrogen-bond donors (Lipinski definition) is 4. The number of ether oxygens (including phenoxy) is 1. The summed E-state index contributed by atoms with van der Waals surface area (Å²) in [5.41, 5.74) is 0. The van der Waals surface area contributed by atoms with Crippen LogP contribution < -0.4 is 5.32 Å². The van der Waals surface area contributed by atoms with Crippen LogP contribution in [0.4, 0.5) is 0 Å². The van der Waals surface area contributed by atoms with Crippen molar-refractivity contribution in [3.05, 3.63) is 60.8 Å². The number of hydrogen-bond acceptors (Lipinski definition) is 8. The van der Waals surface area contributed by atoms with Crippen molar-refractivity contribution in [3.8, 4) is 0 Å². The van der Waals surface area contributed by atoms with Gasteiger partial charge in [0.05, 0.1) is 13.2 Å². The van der Waals surface area contributed by atoms with Gasteiger partial charge in [0.15, 0.2) is 6.04 Å². The average Bonchev–Trinajstić information content (AvgIpc) is 3.02. The smallest absolute Gasteiger partial charge is 0.472 e. The SMILES string of the molecule is CC/C=C\C/C=C\C/C=C\C/C=C\C/C=C\CCCC(=O)NC(COP(=O)(O)OCC(O)COC(=O)CCCCCCC)C(=O)O. The van der Waals surface area contributed by atoms with Crippen LogP contribution in [-0.4, -0.2) is 64.9 Å². The van der Waals surface area contributed by atoms with Crippen LogP contribution in [0, 0.1) is 0 Å². The summed E-state index contributed by atoms with van der Waals surface area (Å²) in [6.45, 7) is 2.27. The average molecular weight is 670 g/mol. The van der Waals surface area contributed by atoms with Gasteiger partial charge in [-0.25, -0.2) is 9.36 Å². The molecule has 0 bridgehead atoms. The van der Waals surface area contributed by atoms with Crippen molar-refractivity contribution in [2.45, 2.75) is 116 Å². The van der Waals surface area contributed by atoms with Crippen molar-refractivity contribution >= 4 is 25.7 Å². The van der Waals surface area contributed by atoms with Gasteiger partial charge in [-0.3, -0.25) is 18.6 Å². The van der Waals surface area contributed by atoms with E-state index in [0.717, 1.165) is 57.8 Å². The molecule has 12 heteroatoms. The maximum absolute atomic E-state index is 12.2. The molecule has 0 spiro atoms. The number of aliphatic hydroxyl groups is 1. The topological polar surface area (TPSA) is 169 Å². The fraction of sp³-hybridized carbons (Fsp3) is 0.618. The Bertz CT molecular complexity index is 1020. The highest BCUT2D eigenvalue weighted by molar-refractivity contribution is 7.47. The number of carbonyl (C=O) groups is 3. The third kappa shape index (κ3) is 28.6. The van der Waals surface area contributed by atoms with E-state index in [9.17, 15) is 34.1 Å². The molecule has 0 aromatic carbocycles. The molecular weight excluding hydrogens is 613 g/mol. The molecule has 3 atom stereocenters. The molecule has 0 fully saturated rings. The normalized spacial score (nSPS) is 14.9.